The average molecular weight is 278 g/mol. The first kappa shape index (κ1) is 17.0. The molecule has 1 N–H and O–H groups in total. The molecule has 1 aromatic rings. The summed E-state index contributed by atoms with van der Waals surface area (Å²) in [4.78, 5) is 2.37. The second kappa shape index (κ2) is 8.28. The molecule has 0 saturated carbocycles. The molecule has 0 aliphatic carbocycles. The maximum atomic E-state index is 5.49. The zero-order chi connectivity index (χ0) is 15.1. The molecule has 0 aromatic heterocycles. The summed E-state index contributed by atoms with van der Waals surface area (Å²) in [6.45, 7) is 10.6. The van der Waals surface area contributed by atoms with Crippen LogP contribution in [0.15, 0.2) is 18.2 Å². The van der Waals surface area contributed by atoms with Gasteiger partial charge in [0.1, 0.15) is 5.75 Å². The van der Waals surface area contributed by atoms with Gasteiger partial charge in [-0.15, -0.1) is 0 Å². The van der Waals surface area contributed by atoms with Crippen LogP contribution in [0.4, 0.5) is 0 Å². The Morgan fingerprint density at radius 2 is 1.95 bits per heavy atom. The SMILES string of the molecule is CCC(C)N(C)Cc1cc(CNC(C)C)ccc1OC. The Hall–Kier alpha value is -1.06. The van der Waals surface area contributed by atoms with Gasteiger partial charge in [0.2, 0.25) is 0 Å². The molecular weight excluding hydrogens is 248 g/mol. The Morgan fingerprint density at radius 1 is 1.25 bits per heavy atom. The standard InChI is InChI=1S/C17H30N2O/c1-7-14(4)19(5)12-16-10-15(11-18-13(2)3)8-9-17(16)20-6/h8-10,13-14,18H,7,11-12H2,1-6H3. The van der Waals surface area contributed by atoms with E-state index in [0.717, 1.165) is 25.3 Å². The highest BCUT2D eigenvalue weighted by Crippen LogP contribution is 2.22. The maximum Gasteiger partial charge on any atom is 0.123 e. The predicted molar refractivity (Wildman–Crippen MR) is 86.2 cm³/mol. The number of nitrogens with one attached hydrogen (secondary N) is 1. The van der Waals surface area contributed by atoms with Gasteiger partial charge >= 0.3 is 0 Å². The van der Waals surface area contributed by atoms with Crippen molar-refractivity contribution in [2.24, 2.45) is 0 Å². The molecule has 1 unspecified atom stereocenters. The van der Waals surface area contributed by atoms with E-state index in [4.69, 9.17) is 4.74 Å². The molecule has 20 heavy (non-hydrogen) atoms. The molecule has 0 spiro atoms. The van der Waals surface area contributed by atoms with Crippen LogP contribution in [0, 0.1) is 0 Å². The normalized spacial score (nSPS) is 13.0. The fourth-order valence-electron chi connectivity index (χ4n) is 2.12. The summed E-state index contributed by atoms with van der Waals surface area (Å²) >= 11 is 0. The topological polar surface area (TPSA) is 24.5 Å². The van der Waals surface area contributed by atoms with E-state index in [9.17, 15) is 0 Å². The number of hydrogen-bond acceptors (Lipinski definition) is 3. The molecule has 0 aliphatic rings. The van der Waals surface area contributed by atoms with Gasteiger partial charge in [-0.3, -0.25) is 4.90 Å². The minimum absolute atomic E-state index is 0.503. The van der Waals surface area contributed by atoms with Crippen LogP contribution < -0.4 is 10.1 Å². The Balaban J connectivity index is 2.83. The predicted octanol–water partition coefficient (Wildman–Crippen LogP) is 3.42. The first-order valence-corrected chi connectivity index (χ1v) is 7.57. The lowest BCUT2D eigenvalue weighted by atomic mass is 10.1. The molecule has 0 aliphatic heterocycles. The van der Waals surface area contributed by atoms with E-state index in [-0.39, 0.29) is 0 Å². The molecule has 0 fully saturated rings. The summed E-state index contributed by atoms with van der Waals surface area (Å²) in [6, 6.07) is 7.56. The molecule has 3 nitrogen and oxygen atoms in total. The third-order valence-electron chi connectivity index (χ3n) is 3.82. The number of hydrogen-bond donors (Lipinski definition) is 1. The Bertz CT molecular complexity index is 404. The summed E-state index contributed by atoms with van der Waals surface area (Å²) < 4.78 is 5.49. The van der Waals surface area contributed by atoms with Gasteiger partial charge in [0.25, 0.3) is 0 Å². The van der Waals surface area contributed by atoms with Crippen LogP contribution in [0.25, 0.3) is 0 Å². The first-order valence-electron chi connectivity index (χ1n) is 7.57. The summed E-state index contributed by atoms with van der Waals surface area (Å²) in [5, 5.41) is 3.46. The minimum Gasteiger partial charge on any atom is -0.496 e. The van der Waals surface area contributed by atoms with Crippen LogP contribution in [0.2, 0.25) is 0 Å². The molecule has 1 aromatic carbocycles. The van der Waals surface area contributed by atoms with Crippen molar-refractivity contribution in [3.8, 4) is 5.75 Å². The zero-order valence-corrected chi connectivity index (χ0v) is 13.9. The van der Waals surface area contributed by atoms with Gasteiger partial charge in [-0.1, -0.05) is 26.8 Å². The van der Waals surface area contributed by atoms with Crippen molar-refractivity contribution < 1.29 is 4.74 Å². The van der Waals surface area contributed by atoms with E-state index in [2.05, 4.69) is 63.2 Å². The van der Waals surface area contributed by atoms with Crippen molar-refractivity contribution in [1.82, 2.24) is 10.2 Å². The van der Waals surface area contributed by atoms with E-state index < -0.39 is 0 Å². The number of ether oxygens (including phenoxy) is 1. The van der Waals surface area contributed by atoms with Crippen LogP contribution in [-0.4, -0.2) is 31.1 Å². The van der Waals surface area contributed by atoms with E-state index in [1.807, 2.05) is 0 Å². The lowest BCUT2D eigenvalue weighted by molar-refractivity contribution is 0.240. The smallest absolute Gasteiger partial charge is 0.123 e. The molecular formula is C17H30N2O. The Labute approximate surface area is 124 Å². The lowest BCUT2D eigenvalue weighted by Gasteiger charge is -2.24. The quantitative estimate of drug-likeness (QED) is 0.788. The van der Waals surface area contributed by atoms with Gasteiger partial charge in [0.15, 0.2) is 0 Å². The second-order valence-corrected chi connectivity index (χ2v) is 5.85. The Kier molecular flexibility index (Phi) is 7.03. The first-order chi connectivity index (χ1) is 9.47. The van der Waals surface area contributed by atoms with Crippen LogP contribution in [0.3, 0.4) is 0 Å². The molecule has 1 rings (SSSR count). The summed E-state index contributed by atoms with van der Waals surface area (Å²) in [6.07, 6.45) is 1.16. The van der Waals surface area contributed by atoms with Gasteiger partial charge < -0.3 is 10.1 Å². The van der Waals surface area contributed by atoms with Crippen molar-refractivity contribution in [2.75, 3.05) is 14.2 Å². The molecule has 0 saturated heterocycles. The van der Waals surface area contributed by atoms with Crippen molar-refractivity contribution in [3.63, 3.8) is 0 Å². The molecule has 114 valence electrons. The van der Waals surface area contributed by atoms with Crippen LogP contribution in [-0.2, 0) is 13.1 Å². The number of benzene rings is 1. The molecule has 3 heteroatoms. The molecule has 0 radical (unpaired) electrons. The number of nitrogens with zero attached hydrogens (tertiary/aromatic N) is 1. The minimum atomic E-state index is 0.503. The largest absolute Gasteiger partial charge is 0.496 e. The third kappa shape index (κ3) is 5.14. The maximum absolute atomic E-state index is 5.49. The summed E-state index contributed by atoms with van der Waals surface area (Å²) in [5.74, 6) is 0.980. The number of methoxy groups -OCH3 is 1. The van der Waals surface area contributed by atoms with Crippen molar-refractivity contribution in [2.45, 2.75) is 59.3 Å². The highest BCUT2D eigenvalue weighted by atomic mass is 16.5. The Morgan fingerprint density at radius 3 is 2.50 bits per heavy atom. The van der Waals surface area contributed by atoms with Gasteiger partial charge in [0.05, 0.1) is 7.11 Å². The van der Waals surface area contributed by atoms with Crippen molar-refractivity contribution in [3.05, 3.63) is 29.3 Å². The average Bonchev–Trinajstić information content (AvgIpc) is 2.44. The number of rotatable bonds is 8. The van der Waals surface area contributed by atoms with Gasteiger partial charge in [-0.05, 0) is 38.1 Å². The fourth-order valence-corrected chi connectivity index (χ4v) is 2.12. The summed E-state index contributed by atoms with van der Waals surface area (Å²) in [5.41, 5.74) is 2.57. The van der Waals surface area contributed by atoms with Gasteiger partial charge in [0, 0.05) is 30.7 Å². The zero-order valence-electron chi connectivity index (χ0n) is 13.9. The highest BCUT2D eigenvalue weighted by Gasteiger charge is 2.11. The van der Waals surface area contributed by atoms with Crippen LogP contribution >= 0.6 is 0 Å². The molecule has 0 heterocycles. The third-order valence-corrected chi connectivity index (χ3v) is 3.82. The monoisotopic (exact) mass is 278 g/mol. The van der Waals surface area contributed by atoms with Crippen LogP contribution in [0.5, 0.6) is 5.75 Å². The van der Waals surface area contributed by atoms with E-state index in [0.29, 0.717) is 12.1 Å². The lowest BCUT2D eigenvalue weighted by Crippen LogP contribution is -2.28. The molecule has 0 amide bonds. The van der Waals surface area contributed by atoms with Gasteiger partial charge in [-0.25, -0.2) is 0 Å². The van der Waals surface area contributed by atoms with E-state index >= 15 is 0 Å². The van der Waals surface area contributed by atoms with E-state index in [1.165, 1.54) is 11.1 Å². The summed E-state index contributed by atoms with van der Waals surface area (Å²) in [7, 11) is 3.92. The second-order valence-electron chi connectivity index (χ2n) is 5.85. The van der Waals surface area contributed by atoms with Gasteiger partial charge in [-0.2, -0.15) is 0 Å². The fraction of sp³-hybridized carbons (Fsp3) is 0.647. The van der Waals surface area contributed by atoms with E-state index in [1.54, 1.807) is 7.11 Å². The highest BCUT2D eigenvalue weighted by molar-refractivity contribution is 5.37. The molecule has 1 atom stereocenters. The van der Waals surface area contributed by atoms with Crippen molar-refractivity contribution >= 4 is 0 Å². The van der Waals surface area contributed by atoms with Crippen LogP contribution in [0.1, 0.15) is 45.2 Å². The van der Waals surface area contributed by atoms with Crippen molar-refractivity contribution in [1.29, 1.82) is 0 Å². The molecule has 0 bridgehead atoms.